The highest BCUT2D eigenvalue weighted by atomic mass is 79.9. The molecule has 0 unspecified atom stereocenters. The zero-order valence-electron chi connectivity index (χ0n) is 15.5. The summed E-state index contributed by atoms with van der Waals surface area (Å²) in [7, 11) is 0. The van der Waals surface area contributed by atoms with Gasteiger partial charge in [-0.1, -0.05) is 34.1 Å². The molecule has 0 aromatic heterocycles. The molecule has 34 heavy (non-hydrogen) atoms. The predicted octanol–water partition coefficient (Wildman–Crippen LogP) is 8.39. The van der Waals surface area contributed by atoms with E-state index in [9.17, 15) is 74.6 Å². The predicted molar refractivity (Wildman–Crippen MR) is 83.1 cm³/mol. The maximum absolute atomic E-state index is 13.8. The molecule has 0 aliphatic rings. The van der Waals surface area contributed by atoms with Crippen LogP contribution in [0.15, 0.2) is 28.7 Å². The normalized spacial score (nSPS) is 15.6. The molecule has 0 radical (unpaired) electrons. The lowest BCUT2D eigenvalue weighted by Gasteiger charge is -2.42. The topological polar surface area (TPSA) is 0 Å². The molecule has 1 aromatic rings. The maximum Gasteiger partial charge on any atom is 0.460 e. The summed E-state index contributed by atoms with van der Waals surface area (Å²) in [5, 5.41) is 0. The smallest absolute Gasteiger partial charge is 0.200 e. The molecule has 0 fully saturated rings. The summed E-state index contributed by atoms with van der Waals surface area (Å²) < 4.78 is 224. The van der Waals surface area contributed by atoms with E-state index < -0.39 is 60.5 Å². The molecule has 1 rings (SSSR count). The number of alkyl halides is 17. The van der Waals surface area contributed by atoms with E-state index in [4.69, 9.17) is 0 Å². The van der Waals surface area contributed by atoms with E-state index in [0.29, 0.717) is 0 Å². The van der Waals surface area contributed by atoms with E-state index in [1.54, 1.807) is 0 Å². The standard InChI is InChI=1S/C16H8BrF17/c17-8-4-2-1-3-7(8)5-6-9(18,19)10(20,21)11(22,23)12(24,25)13(26,27)14(28,29)15(30,31)16(32,33)34/h1-4H,5-6H2. The first-order valence-electron chi connectivity index (χ1n) is 8.19. The van der Waals surface area contributed by atoms with Crippen molar-refractivity contribution in [2.75, 3.05) is 0 Å². The van der Waals surface area contributed by atoms with Crippen LogP contribution in [0.25, 0.3) is 0 Å². The summed E-state index contributed by atoms with van der Waals surface area (Å²) in [6.07, 6.45) is -11.6. The zero-order valence-corrected chi connectivity index (χ0v) is 17.1. The van der Waals surface area contributed by atoms with Crippen LogP contribution in [0.2, 0.25) is 0 Å². The maximum atomic E-state index is 13.8. The Labute approximate surface area is 186 Å². The van der Waals surface area contributed by atoms with Crippen molar-refractivity contribution in [2.45, 2.75) is 60.5 Å². The molecule has 0 aliphatic carbocycles. The zero-order chi connectivity index (χ0) is 27.4. The van der Waals surface area contributed by atoms with Crippen LogP contribution in [-0.4, -0.2) is 47.6 Å². The van der Waals surface area contributed by atoms with Crippen LogP contribution in [0, 0.1) is 0 Å². The van der Waals surface area contributed by atoms with Gasteiger partial charge in [-0.05, 0) is 18.1 Å². The molecule has 0 N–H and O–H groups in total. The van der Waals surface area contributed by atoms with Crippen molar-refractivity contribution in [1.82, 2.24) is 0 Å². The molecular formula is C16H8BrF17. The minimum atomic E-state index is -8.61. The molecule has 0 bridgehead atoms. The molecule has 18 heteroatoms. The highest BCUT2D eigenvalue weighted by Crippen LogP contribution is 2.64. The Kier molecular flexibility index (Phi) is 7.70. The van der Waals surface area contributed by atoms with E-state index >= 15 is 0 Å². The summed E-state index contributed by atoms with van der Waals surface area (Å²) in [5.41, 5.74) is -0.324. The van der Waals surface area contributed by atoms with E-state index in [-0.39, 0.29) is 10.0 Å². The van der Waals surface area contributed by atoms with Crippen LogP contribution < -0.4 is 0 Å². The Hall–Kier alpha value is -1.49. The molecule has 0 saturated heterocycles. The number of hydrogen-bond donors (Lipinski definition) is 0. The van der Waals surface area contributed by atoms with Crippen molar-refractivity contribution in [2.24, 2.45) is 0 Å². The molecule has 198 valence electrons. The van der Waals surface area contributed by atoms with Crippen LogP contribution in [0.3, 0.4) is 0 Å². The van der Waals surface area contributed by atoms with Crippen LogP contribution in [0.5, 0.6) is 0 Å². The summed E-state index contributed by atoms with van der Waals surface area (Å²) >= 11 is 2.72. The Morgan fingerprint density at radius 2 is 0.853 bits per heavy atom. The fourth-order valence-corrected chi connectivity index (χ4v) is 2.83. The third-order valence-corrected chi connectivity index (χ3v) is 5.23. The second-order valence-electron chi connectivity index (χ2n) is 6.74. The largest absolute Gasteiger partial charge is 0.460 e. The van der Waals surface area contributed by atoms with Gasteiger partial charge in [-0.3, -0.25) is 0 Å². The van der Waals surface area contributed by atoms with Crippen molar-refractivity contribution in [3.8, 4) is 0 Å². The molecule has 1 aromatic carbocycles. The second kappa shape index (κ2) is 8.57. The van der Waals surface area contributed by atoms with Gasteiger partial charge in [-0.2, -0.15) is 74.6 Å². The lowest BCUT2D eigenvalue weighted by molar-refractivity contribution is -0.461. The third-order valence-electron chi connectivity index (χ3n) is 4.45. The van der Waals surface area contributed by atoms with Gasteiger partial charge in [0.25, 0.3) is 0 Å². The highest BCUT2D eigenvalue weighted by Gasteiger charge is 2.95. The van der Waals surface area contributed by atoms with Crippen LogP contribution >= 0.6 is 15.9 Å². The number of aryl methyl sites for hydroxylation is 1. The first kappa shape index (κ1) is 30.5. The van der Waals surface area contributed by atoms with E-state index in [1.165, 1.54) is 6.07 Å². The monoisotopic (exact) mass is 602 g/mol. The summed E-state index contributed by atoms with van der Waals surface area (Å²) in [5.74, 6) is -56.1. The molecule has 0 atom stereocenters. The number of benzene rings is 1. The molecule has 0 nitrogen and oxygen atoms in total. The van der Waals surface area contributed by atoms with Crippen molar-refractivity contribution in [3.63, 3.8) is 0 Å². The Morgan fingerprint density at radius 3 is 1.24 bits per heavy atom. The lowest BCUT2D eigenvalue weighted by Crippen LogP contribution is -2.74. The number of rotatable bonds is 9. The Bertz CT molecular complexity index is 871. The molecule has 0 saturated carbocycles. The van der Waals surface area contributed by atoms with Crippen LogP contribution in [0.4, 0.5) is 74.6 Å². The fraction of sp³-hybridized carbons (Fsp3) is 0.625. The van der Waals surface area contributed by atoms with E-state index in [1.807, 2.05) is 0 Å². The Balaban J connectivity index is 3.48. The first-order chi connectivity index (χ1) is 14.7. The van der Waals surface area contributed by atoms with Gasteiger partial charge in [0.2, 0.25) is 0 Å². The third kappa shape index (κ3) is 4.31. The van der Waals surface area contributed by atoms with Crippen molar-refractivity contribution >= 4 is 15.9 Å². The van der Waals surface area contributed by atoms with Crippen LogP contribution in [-0.2, 0) is 6.42 Å². The molecule has 0 aliphatic heterocycles. The van der Waals surface area contributed by atoms with Crippen molar-refractivity contribution < 1.29 is 74.6 Å². The molecule has 0 amide bonds. The van der Waals surface area contributed by atoms with Crippen LogP contribution in [0.1, 0.15) is 12.0 Å². The van der Waals surface area contributed by atoms with Gasteiger partial charge in [-0.15, -0.1) is 0 Å². The highest BCUT2D eigenvalue weighted by molar-refractivity contribution is 9.10. The summed E-state index contributed by atoms with van der Waals surface area (Å²) in [6.45, 7) is 0. The minimum absolute atomic E-state index is 0.0910. The average molecular weight is 603 g/mol. The summed E-state index contributed by atoms with van der Waals surface area (Å²) in [6, 6.07) is 4.44. The van der Waals surface area contributed by atoms with Crippen molar-refractivity contribution in [1.29, 1.82) is 0 Å². The van der Waals surface area contributed by atoms with Gasteiger partial charge in [0.15, 0.2) is 0 Å². The van der Waals surface area contributed by atoms with Crippen molar-refractivity contribution in [3.05, 3.63) is 34.3 Å². The van der Waals surface area contributed by atoms with Gasteiger partial charge < -0.3 is 0 Å². The first-order valence-corrected chi connectivity index (χ1v) is 8.98. The quantitative estimate of drug-likeness (QED) is 0.249. The average Bonchev–Trinajstić information content (AvgIpc) is 2.65. The van der Waals surface area contributed by atoms with Gasteiger partial charge in [-0.25, -0.2) is 0 Å². The van der Waals surface area contributed by atoms with Gasteiger partial charge >= 0.3 is 47.6 Å². The minimum Gasteiger partial charge on any atom is -0.200 e. The number of halogens is 18. The van der Waals surface area contributed by atoms with E-state index in [2.05, 4.69) is 15.9 Å². The summed E-state index contributed by atoms with van der Waals surface area (Å²) in [4.78, 5) is 0. The SMILES string of the molecule is FC(F)(F)C(F)(F)C(F)(F)C(F)(F)C(F)(F)C(F)(F)C(F)(F)C(F)(F)CCc1ccccc1Br. The molecule has 0 heterocycles. The Morgan fingerprint density at radius 1 is 0.500 bits per heavy atom. The molecular weight excluding hydrogens is 595 g/mol. The van der Waals surface area contributed by atoms with Gasteiger partial charge in [0.1, 0.15) is 0 Å². The number of hydrogen-bond acceptors (Lipinski definition) is 0. The second-order valence-corrected chi connectivity index (χ2v) is 7.59. The molecule has 0 spiro atoms. The lowest BCUT2D eigenvalue weighted by atomic mass is 9.87. The fourth-order valence-electron chi connectivity index (χ4n) is 2.35. The van der Waals surface area contributed by atoms with Gasteiger partial charge in [0.05, 0.1) is 0 Å². The van der Waals surface area contributed by atoms with Gasteiger partial charge in [0, 0.05) is 10.9 Å². The van der Waals surface area contributed by atoms with E-state index in [0.717, 1.165) is 18.2 Å².